The lowest BCUT2D eigenvalue weighted by Crippen LogP contribution is -2.20. The van der Waals surface area contributed by atoms with Crippen molar-refractivity contribution in [3.8, 4) is 6.07 Å². The summed E-state index contributed by atoms with van der Waals surface area (Å²) in [4.78, 5) is 0. The number of rotatable bonds is 3. The summed E-state index contributed by atoms with van der Waals surface area (Å²) in [5.41, 5.74) is 1.43. The Balaban J connectivity index is 4.27. The smallest absolute Gasteiger partial charge is 0.0621 e. The van der Waals surface area contributed by atoms with E-state index < -0.39 is 0 Å². The molecule has 0 aromatic carbocycles. The Morgan fingerprint density at radius 1 is 1.50 bits per heavy atom. The lowest BCUT2D eigenvalue weighted by Gasteiger charge is -2.30. The summed E-state index contributed by atoms with van der Waals surface area (Å²) in [6.45, 7) is 12.6. The second-order valence-corrected chi connectivity index (χ2v) is 4.46. The molecule has 0 aliphatic carbocycles. The molecule has 0 fully saturated rings. The Morgan fingerprint density at radius 3 is 2.25 bits per heavy atom. The Kier molecular flexibility index (Phi) is 4.03. The Morgan fingerprint density at radius 2 is 2.00 bits per heavy atom. The molecule has 1 atom stereocenters. The van der Waals surface area contributed by atoms with Gasteiger partial charge in [0, 0.05) is 6.42 Å². The van der Waals surface area contributed by atoms with Crippen molar-refractivity contribution >= 4 is 0 Å². The molecule has 0 saturated heterocycles. The Hall–Kier alpha value is -0.770. The van der Waals surface area contributed by atoms with Gasteiger partial charge in [0.15, 0.2) is 0 Å². The highest BCUT2D eigenvalue weighted by molar-refractivity contribution is 5.01. The van der Waals surface area contributed by atoms with E-state index in [-0.39, 0.29) is 5.41 Å². The summed E-state index contributed by atoms with van der Waals surface area (Å²) < 4.78 is 0. The van der Waals surface area contributed by atoms with E-state index in [2.05, 4.69) is 33.4 Å². The van der Waals surface area contributed by atoms with Crippen molar-refractivity contribution in [1.82, 2.24) is 0 Å². The van der Waals surface area contributed by atoms with E-state index in [1.165, 1.54) is 5.57 Å². The predicted molar refractivity (Wildman–Crippen MR) is 52.6 cm³/mol. The van der Waals surface area contributed by atoms with Gasteiger partial charge in [-0.3, -0.25) is 0 Å². The summed E-state index contributed by atoms with van der Waals surface area (Å²) in [6, 6.07) is 2.18. The fraction of sp³-hybridized carbons (Fsp3) is 0.727. The van der Waals surface area contributed by atoms with E-state index in [0.29, 0.717) is 12.3 Å². The molecule has 0 saturated carbocycles. The Labute approximate surface area is 76.1 Å². The molecule has 0 heterocycles. The molecule has 1 unspecified atom stereocenters. The first-order valence-corrected chi connectivity index (χ1v) is 4.42. The van der Waals surface area contributed by atoms with Gasteiger partial charge < -0.3 is 0 Å². The van der Waals surface area contributed by atoms with Crippen molar-refractivity contribution in [2.45, 2.75) is 40.5 Å². The maximum absolute atomic E-state index is 8.48. The molecule has 0 aliphatic rings. The average Bonchev–Trinajstić information content (AvgIpc) is 1.84. The molecular weight excluding hydrogens is 146 g/mol. The third-order valence-corrected chi connectivity index (χ3v) is 2.19. The summed E-state index contributed by atoms with van der Waals surface area (Å²) in [7, 11) is 0. The SMILES string of the molecule is C=C(C)C(CCC#N)C(C)(C)C. The topological polar surface area (TPSA) is 23.8 Å². The van der Waals surface area contributed by atoms with Gasteiger partial charge in [0.2, 0.25) is 0 Å². The second kappa shape index (κ2) is 4.30. The summed E-state index contributed by atoms with van der Waals surface area (Å²) in [6.07, 6.45) is 1.57. The highest BCUT2D eigenvalue weighted by Gasteiger charge is 2.24. The van der Waals surface area contributed by atoms with E-state index in [1.54, 1.807) is 0 Å². The molecule has 12 heavy (non-hydrogen) atoms. The van der Waals surface area contributed by atoms with E-state index in [0.717, 1.165) is 6.42 Å². The van der Waals surface area contributed by atoms with E-state index in [4.69, 9.17) is 5.26 Å². The number of allylic oxidation sites excluding steroid dienone is 1. The molecule has 0 amide bonds. The van der Waals surface area contributed by atoms with Crippen LogP contribution in [0.15, 0.2) is 12.2 Å². The zero-order valence-corrected chi connectivity index (χ0v) is 8.65. The first-order chi connectivity index (χ1) is 5.39. The third-order valence-electron chi connectivity index (χ3n) is 2.19. The molecule has 0 rings (SSSR count). The number of nitrogens with zero attached hydrogens (tertiary/aromatic N) is 1. The van der Waals surface area contributed by atoms with Crippen LogP contribution in [0.5, 0.6) is 0 Å². The van der Waals surface area contributed by atoms with Crippen molar-refractivity contribution in [1.29, 1.82) is 5.26 Å². The van der Waals surface area contributed by atoms with Crippen LogP contribution in [0.3, 0.4) is 0 Å². The van der Waals surface area contributed by atoms with Crippen LogP contribution in [0, 0.1) is 22.7 Å². The summed E-state index contributed by atoms with van der Waals surface area (Å²) in [5.74, 6) is 0.470. The van der Waals surface area contributed by atoms with Crippen molar-refractivity contribution in [2.75, 3.05) is 0 Å². The van der Waals surface area contributed by atoms with Gasteiger partial charge in [-0.25, -0.2) is 0 Å². The van der Waals surface area contributed by atoms with Crippen LogP contribution in [-0.2, 0) is 0 Å². The van der Waals surface area contributed by atoms with Gasteiger partial charge in [-0.2, -0.15) is 5.26 Å². The summed E-state index contributed by atoms with van der Waals surface area (Å²) in [5, 5.41) is 8.48. The Bertz CT molecular complexity index is 190. The molecule has 1 heteroatoms. The fourth-order valence-electron chi connectivity index (χ4n) is 1.63. The number of hydrogen-bond acceptors (Lipinski definition) is 1. The van der Waals surface area contributed by atoms with Gasteiger partial charge >= 0.3 is 0 Å². The van der Waals surface area contributed by atoms with Gasteiger partial charge in [0.25, 0.3) is 0 Å². The molecule has 0 N–H and O–H groups in total. The predicted octanol–water partition coefficient (Wildman–Crippen LogP) is 3.53. The maximum Gasteiger partial charge on any atom is 0.0621 e. The van der Waals surface area contributed by atoms with Crippen LogP contribution in [-0.4, -0.2) is 0 Å². The van der Waals surface area contributed by atoms with Crippen LogP contribution in [0.25, 0.3) is 0 Å². The molecule has 0 spiro atoms. The first kappa shape index (κ1) is 11.2. The quantitative estimate of drug-likeness (QED) is 0.587. The van der Waals surface area contributed by atoms with E-state index in [9.17, 15) is 0 Å². The highest BCUT2D eigenvalue weighted by atomic mass is 14.3. The van der Waals surface area contributed by atoms with Crippen LogP contribution >= 0.6 is 0 Å². The minimum Gasteiger partial charge on any atom is -0.198 e. The van der Waals surface area contributed by atoms with Gasteiger partial charge in [-0.1, -0.05) is 32.9 Å². The monoisotopic (exact) mass is 165 g/mol. The van der Waals surface area contributed by atoms with E-state index >= 15 is 0 Å². The van der Waals surface area contributed by atoms with Crippen LogP contribution in [0.1, 0.15) is 40.5 Å². The van der Waals surface area contributed by atoms with Crippen molar-refractivity contribution in [3.05, 3.63) is 12.2 Å². The van der Waals surface area contributed by atoms with Crippen LogP contribution in [0.4, 0.5) is 0 Å². The zero-order chi connectivity index (χ0) is 9.78. The van der Waals surface area contributed by atoms with Crippen molar-refractivity contribution in [3.63, 3.8) is 0 Å². The minimum atomic E-state index is 0.239. The second-order valence-electron chi connectivity index (χ2n) is 4.46. The molecule has 0 aromatic rings. The van der Waals surface area contributed by atoms with Gasteiger partial charge in [-0.15, -0.1) is 0 Å². The zero-order valence-electron chi connectivity index (χ0n) is 8.65. The van der Waals surface area contributed by atoms with Gasteiger partial charge in [0.05, 0.1) is 6.07 Å². The molecule has 0 radical (unpaired) electrons. The first-order valence-electron chi connectivity index (χ1n) is 4.42. The summed E-state index contributed by atoms with van der Waals surface area (Å²) >= 11 is 0. The van der Waals surface area contributed by atoms with Crippen LogP contribution in [0.2, 0.25) is 0 Å². The number of hydrogen-bond donors (Lipinski definition) is 0. The number of nitriles is 1. The molecule has 0 aromatic heterocycles. The largest absolute Gasteiger partial charge is 0.198 e. The maximum atomic E-state index is 8.48. The van der Waals surface area contributed by atoms with Gasteiger partial charge in [-0.05, 0) is 24.7 Å². The van der Waals surface area contributed by atoms with Crippen molar-refractivity contribution < 1.29 is 0 Å². The van der Waals surface area contributed by atoms with Crippen LogP contribution < -0.4 is 0 Å². The fourth-order valence-corrected chi connectivity index (χ4v) is 1.63. The minimum absolute atomic E-state index is 0.239. The molecule has 68 valence electrons. The lowest BCUT2D eigenvalue weighted by atomic mass is 9.75. The lowest BCUT2D eigenvalue weighted by molar-refractivity contribution is 0.267. The normalized spacial score (nSPS) is 13.6. The van der Waals surface area contributed by atoms with Crippen molar-refractivity contribution in [2.24, 2.45) is 11.3 Å². The highest BCUT2D eigenvalue weighted by Crippen LogP contribution is 2.34. The van der Waals surface area contributed by atoms with E-state index in [1.807, 2.05) is 6.92 Å². The molecule has 0 bridgehead atoms. The standard InChI is InChI=1S/C11H19N/c1-9(2)10(7-6-8-12)11(3,4)5/h10H,1,6-7H2,2-5H3. The molecule has 0 aliphatic heterocycles. The molecular formula is C11H19N. The average molecular weight is 165 g/mol. The van der Waals surface area contributed by atoms with Gasteiger partial charge in [0.1, 0.15) is 0 Å². The molecule has 1 nitrogen and oxygen atoms in total. The third kappa shape index (κ3) is 3.57.